The Kier molecular flexibility index (Phi) is 2.57. The number of hydrogen-bond donors (Lipinski definition) is 2. The maximum absolute atomic E-state index is 5.96. The summed E-state index contributed by atoms with van der Waals surface area (Å²) in [6, 6.07) is 4.54. The molecule has 4 N–H and O–H groups in total. The van der Waals surface area contributed by atoms with Crippen molar-refractivity contribution in [3.8, 4) is 0 Å². The molecule has 0 saturated carbocycles. The Balaban J connectivity index is 2.42. The zero-order valence-electron chi connectivity index (χ0n) is 8.72. The fourth-order valence-corrected chi connectivity index (χ4v) is 2.29. The average molecular weight is 190 g/mol. The van der Waals surface area contributed by atoms with Crippen LogP contribution in [-0.2, 0) is 12.8 Å². The summed E-state index contributed by atoms with van der Waals surface area (Å²) in [6.07, 6.45) is 3.73. The van der Waals surface area contributed by atoms with E-state index in [1.54, 1.807) is 0 Å². The van der Waals surface area contributed by atoms with Crippen molar-refractivity contribution in [3.05, 3.63) is 34.4 Å². The van der Waals surface area contributed by atoms with Crippen molar-refractivity contribution < 1.29 is 0 Å². The van der Waals surface area contributed by atoms with Crippen LogP contribution >= 0.6 is 0 Å². The second-order valence-corrected chi connectivity index (χ2v) is 4.17. The first kappa shape index (κ1) is 9.69. The summed E-state index contributed by atoms with van der Waals surface area (Å²) in [6.45, 7) is 2.66. The fourth-order valence-electron chi connectivity index (χ4n) is 2.29. The van der Waals surface area contributed by atoms with Gasteiger partial charge in [0.25, 0.3) is 0 Å². The predicted octanol–water partition coefficient (Wildman–Crippen LogP) is 1.44. The predicted molar refractivity (Wildman–Crippen MR) is 59.2 cm³/mol. The van der Waals surface area contributed by atoms with Crippen LogP contribution in [0.15, 0.2) is 12.1 Å². The molecule has 14 heavy (non-hydrogen) atoms. The van der Waals surface area contributed by atoms with E-state index in [0.717, 1.165) is 0 Å². The number of hydrogen-bond acceptors (Lipinski definition) is 2. The molecule has 2 heteroatoms. The van der Waals surface area contributed by atoms with E-state index in [0.29, 0.717) is 6.54 Å². The number of rotatable bonds is 2. The van der Waals surface area contributed by atoms with E-state index in [9.17, 15) is 0 Å². The summed E-state index contributed by atoms with van der Waals surface area (Å²) >= 11 is 0. The molecule has 0 aromatic heterocycles. The lowest BCUT2D eigenvalue weighted by Gasteiger charge is -2.14. The van der Waals surface area contributed by atoms with Crippen LogP contribution in [0.3, 0.4) is 0 Å². The molecule has 0 bridgehead atoms. The molecule has 0 fully saturated rings. The number of benzene rings is 1. The first-order valence-electron chi connectivity index (χ1n) is 5.30. The van der Waals surface area contributed by atoms with E-state index >= 15 is 0 Å². The molecule has 0 heterocycles. The fraction of sp³-hybridized carbons (Fsp3) is 0.500. The normalized spacial score (nSPS) is 16.8. The highest BCUT2D eigenvalue weighted by molar-refractivity contribution is 5.41. The Morgan fingerprint density at radius 1 is 1.29 bits per heavy atom. The third-order valence-corrected chi connectivity index (χ3v) is 3.13. The van der Waals surface area contributed by atoms with Crippen molar-refractivity contribution in [2.45, 2.75) is 32.2 Å². The van der Waals surface area contributed by atoms with Gasteiger partial charge in [-0.05, 0) is 48.4 Å². The Morgan fingerprint density at radius 3 is 2.57 bits per heavy atom. The van der Waals surface area contributed by atoms with Gasteiger partial charge in [0.15, 0.2) is 0 Å². The first-order valence-corrected chi connectivity index (χ1v) is 5.30. The van der Waals surface area contributed by atoms with E-state index < -0.39 is 0 Å². The molecule has 0 unspecified atom stereocenters. The van der Waals surface area contributed by atoms with E-state index in [4.69, 9.17) is 11.5 Å². The van der Waals surface area contributed by atoms with Crippen LogP contribution < -0.4 is 11.5 Å². The molecule has 2 rings (SSSR count). The Labute approximate surface area is 85.3 Å². The molecule has 2 nitrogen and oxygen atoms in total. The smallest absolute Gasteiger partial charge is 0.0422 e. The molecule has 1 aromatic carbocycles. The third-order valence-electron chi connectivity index (χ3n) is 3.13. The highest BCUT2D eigenvalue weighted by atomic mass is 14.7. The lowest BCUT2D eigenvalue weighted by molar-refractivity contribution is 0.730. The maximum atomic E-state index is 5.96. The minimum Gasteiger partial charge on any atom is -0.329 e. The van der Waals surface area contributed by atoms with Crippen molar-refractivity contribution in [2.75, 3.05) is 6.54 Å². The molecule has 1 aliphatic rings. The van der Waals surface area contributed by atoms with Crippen molar-refractivity contribution in [3.63, 3.8) is 0 Å². The van der Waals surface area contributed by atoms with E-state index in [1.165, 1.54) is 41.5 Å². The van der Waals surface area contributed by atoms with Crippen molar-refractivity contribution in [1.82, 2.24) is 0 Å². The van der Waals surface area contributed by atoms with Gasteiger partial charge in [0.2, 0.25) is 0 Å². The van der Waals surface area contributed by atoms with Gasteiger partial charge in [-0.3, -0.25) is 0 Å². The quantitative estimate of drug-likeness (QED) is 0.741. The summed E-state index contributed by atoms with van der Waals surface area (Å²) in [5.74, 6) is 0. The zero-order valence-corrected chi connectivity index (χ0v) is 8.72. The monoisotopic (exact) mass is 190 g/mol. The van der Waals surface area contributed by atoms with Gasteiger partial charge in [0.1, 0.15) is 0 Å². The molecule has 1 aromatic rings. The van der Waals surface area contributed by atoms with Gasteiger partial charge in [-0.2, -0.15) is 0 Å². The van der Waals surface area contributed by atoms with Crippen LogP contribution in [0.5, 0.6) is 0 Å². The molecular formula is C12H18N2. The lowest BCUT2D eigenvalue weighted by Crippen LogP contribution is -2.21. The molecule has 0 spiro atoms. The third kappa shape index (κ3) is 1.56. The largest absolute Gasteiger partial charge is 0.329 e. The topological polar surface area (TPSA) is 52.0 Å². The van der Waals surface area contributed by atoms with Crippen LogP contribution in [0.1, 0.15) is 34.7 Å². The van der Waals surface area contributed by atoms with Gasteiger partial charge in [-0.1, -0.05) is 12.1 Å². The van der Waals surface area contributed by atoms with Gasteiger partial charge in [-0.25, -0.2) is 0 Å². The van der Waals surface area contributed by atoms with E-state index in [-0.39, 0.29) is 6.04 Å². The van der Waals surface area contributed by atoms with E-state index in [1.807, 2.05) is 0 Å². The number of nitrogens with two attached hydrogens (primary N) is 2. The molecule has 1 aliphatic carbocycles. The number of aryl methyl sites for hydroxylation is 3. The van der Waals surface area contributed by atoms with Gasteiger partial charge >= 0.3 is 0 Å². The molecule has 0 aliphatic heterocycles. The van der Waals surface area contributed by atoms with Gasteiger partial charge in [0.05, 0.1) is 0 Å². The Bertz CT molecular complexity index is 344. The molecule has 1 atom stereocenters. The minimum absolute atomic E-state index is 0.000833. The Hall–Kier alpha value is -0.860. The second kappa shape index (κ2) is 3.71. The van der Waals surface area contributed by atoms with Crippen molar-refractivity contribution in [1.29, 1.82) is 0 Å². The summed E-state index contributed by atoms with van der Waals surface area (Å²) in [5.41, 5.74) is 17.1. The van der Waals surface area contributed by atoms with E-state index in [2.05, 4.69) is 19.1 Å². The van der Waals surface area contributed by atoms with Crippen molar-refractivity contribution in [2.24, 2.45) is 11.5 Å². The standard InChI is InChI=1S/C12H18N2/c1-8-5-9-3-2-4-10(9)6-11(8)12(14)7-13/h5-6,12H,2-4,7,13-14H2,1H3/t12-/m1/s1. The molecule has 0 radical (unpaired) electrons. The van der Waals surface area contributed by atoms with Gasteiger partial charge in [0, 0.05) is 12.6 Å². The summed E-state index contributed by atoms with van der Waals surface area (Å²) < 4.78 is 0. The second-order valence-electron chi connectivity index (χ2n) is 4.17. The highest BCUT2D eigenvalue weighted by Crippen LogP contribution is 2.27. The summed E-state index contributed by atoms with van der Waals surface area (Å²) in [5, 5.41) is 0. The zero-order chi connectivity index (χ0) is 10.1. The van der Waals surface area contributed by atoms with Crippen molar-refractivity contribution >= 4 is 0 Å². The highest BCUT2D eigenvalue weighted by Gasteiger charge is 2.15. The summed E-state index contributed by atoms with van der Waals surface area (Å²) in [4.78, 5) is 0. The van der Waals surface area contributed by atoms with Gasteiger partial charge in [-0.15, -0.1) is 0 Å². The van der Waals surface area contributed by atoms with Gasteiger partial charge < -0.3 is 11.5 Å². The summed E-state index contributed by atoms with van der Waals surface area (Å²) in [7, 11) is 0. The van der Waals surface area contributed by atoms with Crippen LogP contribution in [0.4, 0.5) is 0 Å². The van der Waals surface area contributed by atoms with Crippen LogP contribution in [0, 0.1) is 6.92 Å². The molecular weight excluding hydrogens is 172 g/mol. The molecule has 76 valence electrons. The molecule has 0 amide bonds. The molecule has 0 saturated heterocycles. The Morgan fingerprint density at radius 2 is 1.93 bits per heavy atom. The number of fused-ring (bicyclic) bond motifs is 1. The van der Waals surface area contributed by atoms with Crippen LogP contribution in [0.2, 0.25) is 0 Å². The SMILES string of the molecule is Cc1cc2c(cc1[C@H](N)CN)CCC2. The maximum Gasteiger partial charge on any atom is 0.0422 e. The lowest BCUT2D eigenvalue weighted by atomic mass is 9.96. The van der Waals surface area contributed by atoms with Crippen LogP contribution in [0.25, 0.3) is 0 Å². The first-order chi connectivity index (χ1) is 6.72. The van der Waals surface area contributed by atoms with Crippen LogP contribution in [-0.4, -0.2) is 6.54 Å². The average Bonchev–Trinajstić information content (AvgIpc) is 2.62. The minimum atomic E-state index is 0.000833.